The number of hydrogen-bond donors (Lipinski definition) is 0. The zero-order valence-electron chi connectivity index (χ0n) is 11.8. The largest absolute Gasteiger partial charge is 0.289 e. The first kappa shape index (κ1) is 13.7. The molecular formula is C19H17FO. The monoisotopic (exact) mass is 280 g/mol. The minimum Gasteiger partial charge on any atom is -0.289 e. The Kier molecular flexibility index (Phi) is 3.96. The maximum absolute atomic E-state index is 12.8. The topological polar surface area (TPSA) is 17.1 Å². The molecule has 2 aromatic carbocycles. The number of carbonyl (C=O) groups is 1. The summed E-state index contributed by atoms with van der Waals surface area (Å²) < 4.78 is 12.8. The van der Waals surface area contributed by atoms with E-state index in [0.29, 0.717) is 0 Å². The van der Waals surface area contributed by atoms with Crippen LogP contribution in [0.15, 0.2) is 48.5 Å². The van der Waals surface area contributed by atoms with Crippen LogP contribution < -0.4 is 0 Å². The van der Waals surface area contributed by atoms with Crippen LogP contribution in [0.25, 0.3) is 6.08 Å². The number of aryl methyl sites for hydroxylation is 2. The number of hydrogen-bond acceptors (Lipinski definition) is 1. The second-order valence-electron chi connectivity index (χ2n) is 5.44. The summed E-state index contributed by atoms with van der Waals surface area (Å²) in [5.41, 5.74) is 4.24. The Labute approximate surface area is 124 Å². The molecule has 21 heavy (non-hydrogen) atoms. The van der Waals surface area contributed by atoms with Crippen molar-refractivity contribution in [3.8, 4) is 0 Å². The summed E-state index contributed by atoms with van der Waals surface area (Å²) in [6.45, 7) is 0. The SMILES string of the molecule is O=C(/C=C/c1ccc(F)cc1)c1ccc2c(c1)CCCC2. The third kappa shape index (κ3) is 3.27. The van der Waals surface area contributed by atoms with Crippen LogP contribution in [0, 0.1) is 5.82 Å². The Balaban J connectivity index is 1.77. The molecule has 1 aliphatic carbocycles. The van der Waals surface area contributed by atoms with E-state index in [1.807, 2.05) is 12.1 Å². The van der Waals surface area contributed by atoms with Crippen LogP contribution in [-0.4, -0.2) is 5.78 Å². The standard InChI is InChI=1S/C19H17FO/c20-18-10-5-14(6-11-18)7-12-19(21)17-9-8-15-3-1-2-4-16(15)13-17/h5-13H,1-4H2/b12-7+. The molecule has 0 N–H and O–H groups in total. The molecule has 2 aromatic rings. The van der Waals surface area contributed by atoms with E-state index >= 15 is 0 Å². The van der Waals surface area contributed by atoms with E-state index in [-0.39, 0.29) is 11.6 Å². The summed E-state index contributed by atoms with van der Waals surface area (Å²) in [5.74, 6) is -0.277. The van der Waals surface area contributed by atoms with Crippen molar-refractivity contribution < 1.29 is 9.18 Å². The highest BCUT2D eigenvalue weighted by atomic mass is 19.1. The van der Waals surface area contributed by atoms with Crippen LogP contribution in [0.1, 0.15) is 39.9 Å². The Morgan fingerprint density at radius 1 is 0.952 bits per heavy atom. The Bertz CT molecular complexity index is 683. The van der Waals surface area contributed by atoms with E-state index in [1.165, 1.54) is 36.1 Å². The van der Waals surface area contributed by atoms with Gasteiger partial charge in [0.1, 0.15) is 5.82 Å². The van der Waals surface area contributed by atoms with Crippen molar-refractivity contribution in [2.24, 2.45) is 0 Å². The Hall–Kier alpha value is -2.22. The van der Waals surface area contributed by atoms with E-state index in [1.54, 1.807) is 24.3 Å². The zero-order chi connectivity index (χ0) is 14.7. The van der Waals surface area contributed by atoms with Crippen molar-refractivity contribution in [3.63, 3.8) is 0 Å². The van der Waals surface area contributed by atoms with Crippen molar-refractivity contribution >= 4 is 11.9 Å². The molecule has 0 heterocycles. The summed E-state index contributed by atoms with van der Waals surface area (Å²) in [6.07, 6.45) is 7.91. The molecule has 1 nitrogen and oxygen atoms in total. The maximum atomic E-state index is 12.8. The summed E-state index contributed by atoms with van der Waals surface area (Å²) in [5, 5.41) is 0. The lowest BCUT2D eigenvalue weighted by Crippen LogP contribution is -2.05. The van der Waals surface area contributed by atoms with E-state index in [0.717, 1.165) is 24.0 Å². The van der Waals surface area contributed by atoms with Crippen molar-refractivity contribution in [1.82, 2.24) is 0 Å². The molecule has 0 amide bonds. The molecule has 0 saturated heterocycles. The molecule has 0 aliphatic heterocycles. The van der Waals surface area contributed by atoms with Crippen molar-refractivity contribution in [2.45, 2.75) is 25.7 Å². The van der Waals surface area contributed by atoms with Crippen LogP contribution in [0.5, 0.6) is 0 Å². The molecule has 0 aromatic heterocycles. The lowest BCUT2D eigenvalue weighted by molar-refractivity contribution is 0.104. The number of halogens is 1. The lowest BCUT2D eigenvalue weighted by atomic mass is 9.90. The first-order chi connectivity index (χ1) is 10.2. The lowest BCUT2D eigenvalue weighted by Gasteiger charge is -2.15. The van der Waals surface area contributed by atoms with Gasteiger partial charge in [0.05, 0.1) is 0 Å². The summed E-state index contributed by atoms with van der Waals surface area (Å²) in [6, 6.07) is 12.1. The van der Waals surface area contributed by atoms with Gasteiger partial charge in [-0.15, -0.1) is 0 Å². The predicted molar refractivity (Wildman–Crippen MR) is 82.8 cm³/mol. The highest BCUT2D eigenvalue weighted by molar-refractivity contribution is 6.06. The fraction of sp³-hybridized carbons (Fsp3) is 0.211. The molecule has 106 valence electrons. The number of rotatable bonds is 3. The van der Waals surface area contributed by atoms with Crippen LogP contribution in [0.3, 0.4) is 0 Å². The number of benzene rings is 2. The third-order valence-corrected chi connectivity index (χ3v) is 3.93. The number of fused-ring (bicyclic) bond motifs is 1. The second-order valence-corrected chi connectivity index (χ2v) is 5.44. The summed E-state index contributed by atoms with van der Waals surface area (Å²) in [4.78, 5) is 12.2. The van der Waals surface area contributed by atoms with Crippen LogP contribution in [0.4, 0.5) is 4.39 Å². The average molecular weight is 280 g/mol. The van der Waals surface area contributed by atoms with Crippen molar-refractivity contribution in [3.05, 3.63) is 76.6 Å². The highest BCUT2D eigenvalue weighted by Gasteiger charge is 2.11. The Morgan fingerprint density at radius 3 is 2.43 bits per heavy atom. The Morgan fingerprint density at radius 2 is 1.67 bits per heavy atom. The number of allylic oxidation sites excluding steroid dienone is 1. The van der Waals surface area contributed by atoms with Crippen LogP contribution in [0.2, 0.25) is 0 Å². The second kappa shape index (κ2) is 6.04. The number of ketones is 1. The first-order valence-electron chi connectivity index (χ1n) is 7.32. The van der Waals surface area contributed by atoms with E-state index in [4.69, 9.17) is 0 Å². The van der Waals surface area contributed by atoms with E-state index in [2.05, 4.69) is 6.07 Å². The average Bonchev–Trinajstić information content (AvgIpc) is 2.53. The molecule has 0 radical (unpaired) electrons. The molecular weight excluding hydrogens is 263 g/mol. The van der Waals surface area contributed by atoms with Gasteiger partial charge >= 0.3 is 0 Å². The highest BCUT2D eigenvalue weighted by Crippen LogP contribution is 2.22. The van der Waals surface area contributed by atoms with E-state index < -0.39 is 0 Å². The molecule has 0 fully saturated rings. The minimum atomic E-state index is -0.270. The van der Waals surface area contributed by atoms with Gasteiger partial charge in [-0.25, -0.2) is 4.39 Å². The van der Waals surface area contributed by atoms with Gasteiger partial charge in [0.15, 0.2) is 5.78 Å². The minimum absolute atomic E-state index is 0.00676. The van der Waals surface area contributed by atoms with Gasteiger partial charge in [-0.2, -0.15) is 0 Å². The van der Waals surface area contributed by atoms with Crippen molar-refractivity contribution in [2.75, 3.05) is 0 Å². The van der Waals surface area contributed by atoms with Gasteiger partial charge in [-0.05, 0) is 66.6 Å². The normalized spacial score (nSPS) is 14.1. The molecule has 0 bridgehead atoms. The van der Waals surface area contributed by atoms with Gasteiger partial charge in [0.25, 0.3) is 0 Å². The third-order valence-electron chi connectivity index (χ3n) is 3.93. The van der Waals surface area contributed by atoms with Crippen LogP contribution >= 0.6 is 0 Å². The summed E-state index contributed by atoms with van der Waals surface area (Å²) in [7, 11) is 0. The molecule has 0 spiro atoms. The molecule has 3 rings (SSSR count). The van der Waals surface area contributed by atoms with Gasteiger partial charge in [0, 0.05) is 5.56 Å². The fourth-order valence-corrected chi connectivity index (χ4v) is 2.73. The quantitative estimate of drug-likeness (QED) is 0.593. The van der Waals surface area contributed by atoms with Gasteiger partial charge in [-0.3, -0.25) is 4.79 Å². The van der Waals surface area contributed by atoms with Crippen LogP contribution in [-0.2, 0) is 12.8 Å². The van der Waals surface area contributed by atoms with Gasteiger partial charge < -0.3 is 0 Å². The molecule has 1 aliphatic rings. The molecule has 0 atom stereocenters. The van der Waals surface area contributed by atoms with Gasteiger partial charge in [0.2, 0.25) is 0 Å². The summed E-state index contributed by atoms with van der Waals surface area (Å²) >= 11 is 0. The molecule has 2 heteroatoms. The zero-order valence-corrected chi connectivity index (χ0v) is 11.8. The molecule has 0 unspecified atom stereocenters. The predicted octanol–water partition coefficient (Wildman–Crippen LogP) is 4.60. The fourth-order valence-electron chi connectivity index (χ4n) is 2.73. The maximum Gasteiger partial charge on any atom is 0.185 e. The van der Waals surface area contributed by atoms with Crippen molar-refractivity contribution in [1.29, 1.82) is 0 Å². The smallest absolute Gasteiger partial charge is 0.185 e. The van der Waals surface area contributed by atoms with E-state index in [9.17, 15) is 9.18 Å². The number of carbonyl (C=O) groups excluding carboxylic acids is 1. The van der Waals surface area contributed by atoms with Gasteiger partial charge in [-0.1, -0.05) is 30.3 Å². The first-order valence-corrected chi connectivity index (χ1v) is 7.32. The molecule has 0 saturated carbocycles.